The molecule has 0 saturated heterocycles. The summed E-state index contributed by atoms with van der Waals surface area (Å²) in [7, 11) is 0. The SMILES string of the molecule is Cc1cccc(-n2c(=O)[nH]c(=O)n(-c3ccc(Oc4ccccc4)c(OCC(=O)n4cccn4)c3)c2=O)c1. The highest BCUT2D eigenvalue weighted by Crippen LogP contribution is 2.33. The zero-order chi connectivity index (χ0) is 26.6. The number of nitrogens with one attached hydrogen (secondary N) is 1. The average molecular weight is 511 g/mol. The number of hydrogen-bond acceptors (Lipinski definition) is 7. The van der Waals surface area contributed by atoms with Crippen molar-refractivity contribution < 1.29 is 14.3 Å². The van der Waals surface area contributed by atoms with E-state index in [1.807, 2.05) is 19.1 Å². The smallest absolute Gasteiger partial charge is 0.345 e. The fourth-order valence-corrected chi connectivity index (χ4v) is 3.77. The summed E-state index contributed by atoms with van der Waals surface area (Å²) in [6.45, 7) is 1.42. The van der Waals surface area contributed by atoms with Crippen LogP contribution in [0.2, 0.25) is 0 Å². The molecule has 2 heterocycles. The molecule has 5 aromatic rings. The molecule has 0 saturated carbocycles. The molecule has 11 nitrogen and oxygen atoms in total. The zero-order valence-electron chi connectivity index (χ0n) is 20.1. The van der Waals surface area contributed by atoms with Crippen LogP contribution in [0.25, 0.3) is 11.4 Å². The summed E-state index contributed by atoms with van der Waals surface area (Å²) >= 11 is 0. The quantitative estimate of drug-likeness (QED) is 0.356. The van der Waals surface area contributed by atoms with E-state index in [0.29, 0.717) is 11.4 Å². The Morgan fingerprint density at radius 3 is 2.26 bits per heavy atom. The third-order valence-corrected chi connectivity index (χ3v) is 5.53. The fraction of sp³-hybridized carbons (Fsp3) is 0.0741. The molecule has 0 aliphatic heterocycles. The average Bonchev–Trinajstić information content (AvgIpc) is 3.44. The molecular formula is C27H21N5O6. The number of aromatic nitrogens is 5. The van der Waals surface area contributed by atoms with Crippen molar-refractivity contribution in [3.63, 3.8) is 0 Å². The van der Waals surface area contributed by atoms with E-state index in [0.717, 1.165) is 19.4 Å². The first kappa shape index (κ1) is 24.3. The van der Waals surface area contributed by atoms with Gasteiger partial charge < -0.3 is 9.47 Å². The fourth-order valence-electron chi connectivity index (χ4n) is 3.77. The molecule has 11 heteroatoms. The summed E-state index contributed by atoms with van der Waals surface area (Å²) in [5.41, 5.74) is -1.45. The minimum absolute atomic E-state index is 0.0893. The summed E-state index contributed by atoms with van der Waals surface area (Å²) in [4.78, 5) is 53.4. The molecule has 3 aromatic carbocycles. The molecule has 0 fully saturated rings. The minimum atomic E-state index is -0.931. The van der Waals surface area contributed by atoms with Gasteiger partial charge in [-0.05, 0) is 55.0 Å². The Hall–Kier alpha value is -5.45. The van der Waals surface area contributed by atoms with Crippen LogP contribution >= 0.6 is 0 Å². The second-order valence-electron chi connectivity index (χ2n) is 8.21. The molecule has 0 aliphatic carbocycles. The molecular weight excluding hydrogens is 490 g/mol. The number of aromatic amines is 1. The van der Waals surface area contributed by atoms with Gasteiger partial charge in [0.05, 0.1) is 11.4 Å². The molecule has 0 spiro atoms. The van der Waals surface area contributed by atoms with Gasteiger partial charge >= 0.3 is 17.1 Å². The Morgan fingerprint density at radius 1 is 0.842 bits per heavy atom. The minimum Gasteiger partial charge on any atom is -0.480 e. The Balaban J connectivity index is 1.59. The molecule has 190 valence electrons. The molecule has 5 rings (SSSR count). The summed E-state index contributed by atoms with van der Waals surface area (Å²) in [6.07, 6.45) is 2.95. The van der Waals surface area contributed by atoms with Crippen LogP contribution in [0.15, 0.2) is 106 Å². The van der Waals surface area contributed by atoms with Crippen LogP contribution in [-0.4, -0.2) is 36.4 Å². The molecule has 38 heavy (non-hydrogen) atoms. The summed E-state index contributed by atoms with van der Waals surface area (Å²) in [5.74, 6) is 0.386. The number of nitrogens with zero attached hydrogens (tertiary/aromatic N) is 4. The second kappa shape index (κ2) is 10.3. The largest absolute Gasteiger partial charge is 0.480 e. The number of para-hydroxylation sites is 1. The van der Waals surface area contributed by atoms with Gasteiger partial charge in [0, 0.05) is 18.5 Å². The summed E-state index contributed by atoms with van der Waals surface area (Å²) in [6, 6.07) is 21.6. The predicted octanol–water partition coefficient (Wildman–Crippen LogP) is 2.69. The van der Waals surface area contributed by atoms with Crippen LogP contribution in [0.3, 0.4) is 0 Å². The van der Waals surface area contributed by atoms with E-state index in [1.54, 1.807) is 48.5 Å². The predicted molar refractivity (Wildman–Crippen MR) is 138 cm³/mol. The lowest BCUT2D eigenvalue weighted by Gasteiger charge is -2.15. The Labute approximate surface area is 214 Å². The molecule has 0 aliphatic rings. The van der Waals surface area contributed by atoms with Gasteiger partial charge in [0.15, 0.2) is 18.1 Å². The maximum atomic E-state index is 13.4. The molecule has 0 unspecified atom stereocenters. The van der Waals surface area contributed by atoms with Crippen LogP contribution < -0.4 is 26.5 Å². The first-order chi connectivity index (χ1) is 18.4. The number of aryl methyl sites for hydroxylation is 1. The molecule has 0 bridgehead atoms. The van der Waals surface area contributed by atoms with Crippen molar-refractivity contribution >= 4 is 5.91 Å². The number of H-pyrrole nitrogens is 1. The lowest BCUT2D eigenvalue weighted by Crippen LogP contribution is -2.48. The third kappa shape index (κ3) is 4.93. The van der Waals surface area contributed by atoms with Gasteiger partial charge in [-0.15, -0.1) is 0 Å². The molecule has 0 amide bonds. The highest BCUT2D eigenvalue weighted by molar-refractivity contribution is 5.79. The Morgan fingerprint density at radius 2 is 1.58 bits per heavy atom. The van der Waals surface area contributed by atoms with Crippen molar-refractivity contribution in [2.75, 3.05) is 6.61 Å². The lowest BCUT2D eigenvalue weighted by atomic mass is 10.2. The molecule has 2 aromatic heterocycles. The monoisotopic (exact) mass is 511 g/mol. The zero-order valence-corrected chi connectivity index (χ0v) is 20.1. The molecule has 0 atom stereocenters. The van der Waals surface area contributed by atoms with E-state index in [1.165, 1.54) is 30.6 Å². The highest BCUT2D eigenvalue weighted by Gasteiger charge is 2.17. The highest BCUT2D eigenvalue weighted by atomic mass is 16.5. The normalized spacial score (nSPS) is 10.8. The number of rotatable bonds is 7. The summed E-state index contributed by atoms with van der Waals surface area (Å²) in [5, 5.41) is 3.89. The van der Waals surface area contributed by atoms with Crippen LogP contribution in [-0.2, 0) is 0 Å². The van der Waals surface area contributed by atoms with Crippen LogP contribution in [0, 0.1) is 6.92 Å². The van der Waals surface area contributed by atoms with Crippen LogP contribution in [0.1, 0.15) is 10.4 Å². The maximum absolute atomic E-state index is 13.4. The topological polar surface area (TPSA) is 130 Å². The van der Waals surface area contributed by atoms with Gasteiger partial charge in [-0.25, -0.2) is 28.2 Å². The van der Waals surface area contributed by atoms with Crippen molar-refractivity contribution in [3.05, 3.63) is 128 Å². The molecule has 0 radical (unpaired) electrons. The van der Waals surface area contributed by atoms with Crippen molar-refractivity contribution in [2.24, 2.45) is 0 Å². The van der Waals surface area contributed by atoms with E-state index in [2.05, 4.69) is 10.1 Å². The maximum Gasteiger partial charge on any atom is 0.345 e. The van der Waals surface area contributed by atoms with E-state index in [9.17, 15) is 19.2 Å². The van der Waals surface area contributed by atoms with Gasteiger partial charge in [0.1, 0.15) is 5.75 Å². The number of ether oxygens (including phenoxy) is 2. The van der Waals surface area contributed by atoms with E-state index in [4.69, 9.17) is 9.47 Å². The van der Waals surface area contributed by atoms with Crippen LogP contribution in [0.4, 0.5) is 0 Å². The second-order valence-corrected chi connectivity index (χ2v) is 8.21. The Bertz CT molecular complexity index is 1790. The van der Waals surface area contributed by atoms with E-state index < -0.39 is 29.6 Å². The van der Waals surface area contributed by atoms with Crippen molar-refractivity contribution in [3.8, 4) is 28.6 Å². The third-order valence-electron chi connectivity index (χ3n) is 5.53. The van der Waals surface area contributed by atoms with Gasteiger partial charge in [0.25, 0.3) is 5.91 Å². The van der Waals surface area contributed by atoms with Gasteiger partial charge in [0.2, 0.25) is 0 Å². The first-order valence-electron chi connectivity index (χ1n) is 11.5. The number of hydrogen-bond donors (Lipinski definition) is 1. The van der Waals surface area contributed by atoms with E-state index in [-0.39, 0.29) is 17.2 Å². The van der Waals surface area contributed by atoms with Gasteiger partial charge in [-0.3, -0.25) is 9.78 Å². The molecule has 1 N–H and O–H groups in total. The number of carbonyl (C=O) groups excluding carboxylic acids is 1. The van der Waals surface area contributed by atoms with E-state index >= 15 is 0 Å². The van der Waals surface area contributed by atoms with Crippen molar-refractivity contribution in [2.45, 2.75) is 6.92 Å². The number of benzene rings is 3. The van der Waals surface area contributed by atoms with Crippen molar-refractivity contribution in [1.29, 1.82) is 0 Å². The van der Waals surface area contributed by atoms with Crippen molar-refractivity contribution in [1.82, 2.24) is 23.9 Å². The first-order valence-corrected chi connectivity index (χ1v) is 11.5. The number of carbonyl (C=O) groups is 1. The van der Waals surface area contributed by atoms with Crippen LogP contribution in [0.5, 0.6) is 17.2 Å². The lowest BCUT2D eigenvalue weighted by molar-refractivity contribution is 0.0819. The Kier molecular flexibility index (Phi) is 6.55. The van der Waals surface area contributed by atoms with Gasteiger partial charge in [-0.1, -0.05) is 30.3 Å². The summed E-state index contributed by atoms with van der Waals surface area (Å²) < 4.78 is 14.5. The van der Waals surface area contributed by atoms with Gasteiger partial charge in [-0.2, -0.15) is 5.10 Å². The standard InChI is InChI=1S/C27H21N5O6/c1-18-7-5-8-19(15-18)31-25(34)29-26(35)32(27(31)36)20-11-12-22(38-21-9-3-2-4-10-21)23(16-20)37-17-24(33)30-14-6-13-28-30/h2-16H,17H2,1H3,(H,29,34,35).